The molecule has 1 aliphatic rings. The molecule has 0 saturated carbocycles. The Labute approximate surface area is 97.8 Å². The summed E-state index contributed by atoms with van der Waals surface area (Å²) in [5.74, 6) is 1.07. The summed E-state index contributed by atoms with van der Waals surface area (Å²) in [6.45, 7) is 6.11. The highest BCUT2D eigenvalue weighted by molar-refractivity contribution is 5.40. The zero-order valence-corrected chi connectivity index (χ0v) is 10.3. The Morgan fingerprint density at radius 1 is 1.38 bits per heavy atom. The maximum absolute atomic E-state index is 5.67. The minimum absolute atomic E-state index is 0.168. The molecule has 1 aromatic carbocycles. The maximum atomic E-state index is 5.67. The van der Waals surface area contributed by atoms with Gasteiger partial charge in [0, 0.05) is 0 Å². The van der Waals surface area contributed by atoms with Gasteiger partial charge in [0.1, 0.15) is 5.75 Å². The van der Waals surface area contributed by atoms with E-state index >= 15 is 0 Å². The van der Waals surface area contributed by atoms with Crippen molar-refractivity contribution in [1.29, 1.82) is 0 Å². The van der Waals surface area contributed by atoms with Crippen molar-refractivity contribution in [2.24, 2.45) is 5.73 Å². The molecule has 0 fully saturated rings. The molecule has 0 atom stereocenters. The van der Waals surface area contributed by atoms with Gasteiger partial charge in [0.15, 0.2) is 0 Å². The molecule has 1 aliphatic heterocycles. The Morgan fingerprint density at radius 2 is 2.19 bits per heavy atom. The summed E-state index contributed by atoms with van der Waals surface area (Å²) in [6.07, 6.45) is 3.29. The predicted octanol–water partition coefficient (Wildman–Crippen LogP) is 2.64. The van der Waals surface area contributed by atoms with Crippen LogP contribution in [0.5, 0.6) is 5.75 Å². The third-order valence-corrected chi connectivity index (χ3v) is 3.46. The fourth-order valence-corrected chi connectivity index (χ4v) is 2.29. The van der Waals surface area contributed by atoms with Crippen LogP contribution in [0.15, 0.2) is 18.2 Å². The fraction of sp³-hybridized carbons (Fsp3) is 0.571. The third-order valence-electron chi connectivity index (χ3n) is 3.46. The van der Waals surface area contributed by atoms with Gasteiger partial charge >= 0.3 is 0 Å². The first-order chi connectivity index (χ1) is 7.63. The van der Waals surface area contributed by atoms with Crippen molar-refractivity contribution >= 4 is 0 Å². The van der Waals surface area contributed by atoms with Gasteiger partial charge in [0.2, 0.25) is 0 Å². The molecule has 1 heterocycles. The lowest BCUT2D eigenvalue weighted by molar-refractivity contribution is 0.288. The van der Waals surface area contributed by atoms with E-state index in [-0.39, 0.29) is 5.41 Å². The van der Waals surface area contributed by atoms with Crippen LogP contribution in [0.4, 0.5) is 0 Å². The molecule has 1 aromatic rings. The highest BCUT2D eigenvalue weighted by Gasteiger charge is 2.21. The number of benzene rings is 1. The van der Waals surface area contributed by atoms with Gasteiger partial charge in [-0.1, -0.05) is 26.0 Å². The first kappa shape index (κ1) is 11.5. The summed E-state index contributed by atoms with van der Waals surface area (Å²) in [5.41, 5.74) is 8.57. The summed E-state index contributed by atoms with van der Waals surface area (Å²) in [6, 6.07) is 6.59. The molecule has 2 N–H and O–H groups in total. The Balaban J connectivity index is 2.29. The zero-order chi connectivity index (χ0) is 11.6. The summed E-state index contributed by atoms with van der Waals surface area (Å²) in [5, 5.41) is 0. The molecule has 2 heteroatoms. The largest absolute Gasteiger partial charge is 0.493 e. The lowest BCUT2D eigenvalue weighted by Crippen LogP contribution is -2.22. The molecule has 0 aromatic heterocycles. The molecule has 2 rings (SSSR count). The van der Waals surface area contributed by atoms with Crippen LogP contribution in [0.3, 0.4) is 0 Å². The zero-order valence-electron chi connectivity index (χ0n) is 10.3. The number of ether oxygens (including phenoxy) is 1. The van der Waals surface area contributed by atoms with Crippen LogP contribution in [0.2, 0.25) is 0 Å². The topological polar surface area (TPSA) is 35.2 Å². The second-order valence-corrected chi connectivity index (χ2v) is 5.20. The second kappa shape index (κ2) is 4.46. The highest BCUT2D eigenvalue weighted by atomic mass is 16.5. The van der Waals surface area contributed by atoms with Crippen LogP contribution in [0.1, 0.15) is 37.8 Å². The van der Waals surface area contributed by atoms with E-state index in [1.54, 1.807) is 0 Å². The Bertz CT molecular complexity index is 371. The van der Waals surface area contributed by atoms with Crippen LogP contribution in [0.25, 0.3) is 0 Å². The molecule has 2 nitrogen and oxygen atoms in total. The van der Waals surface area contributed by atoms with Crippen LogP contribution in [-0.4, -0.2) is 13.2 Å². The lowest BCUT2D eigenvalue weighted by Gasteiger charge is -2.27. The lowest BCUT2D eigenvalue weighted by atomic mass is 9.80. The molecule has 0 bridgehead atoms. The van der Waals surface area contributed by atoms with E-state index in [1.807, 2.05) is 0 Å². The SMILES string of the molecule is CC(C)(CCN)c1ccc2c(c1)CCCO2. The maximum Gasteiger partial charge on any atom is 0.122 e. The predicted molar refractivity (Wildman–Crippen MR) is 67.0 cm³/mol. The Hall–Kier alpha value is -1.02. The Kier molecular flexibility index (Phi) is 3.20. The van der Waals surface area contributed by atoms with Gasteiger partial charge in [-0.25, -0.2) is 0 Å². The molecule has 0 amide bonds. The summed E-state index contributed by atoms with van der Waals surface area (Å²) < 4.78 is 5.63. The number of rotatable bonds is 3. The van der Waals surface area contributed by atoms with Crippen molar-refractivity contribution in [2.45, 2.75) is 38.5 Å². The molecular formula is C14H21NO. The van der Waals surface area contributed by atoms with Crippen molar-refractivity contribution in [3.8, 4) is 5.75 Å². The summed E-state index contributed by atoms with van der Waals surface area (Å²) in [7, 11) is 0. The summed E-state index contributed by atoms with van der Waals surface area (Å²) in [4.78, 5) is 0. The van der Waals surface area contributed by atoms with Crippen molar-refractivity contribution < 1.29 is 4.74 Å². The number of hydrogen-bond donors (Lipinski definition) is 1. The monoisotopic (exact) mass is 219 g/mol. The van der Waals surface area contributed by atoms with Crippen LogP contribution in [0, 0.1) is 0 Å². The van der Waals surface area contributed by atoms with Crippen LogP contribution < -0.4 is 10.5 Å². The van der Waals surface area contributed by atoms with Crippen molar-refractivity contribution in [3.05, 3.63) is 29.3 Å². The van der Waals surface area contributed by atoms with Crippen molar-refractivity contribution in [3.63, 3.8) is 0 Å². The molecular weight excluding hydrogens is 198 g/mol. The molecule has 0 aliphatic carbocycles. The van der Waals surface area contributed by atoms with E-state index in [0.717, 1.165) is 38.2 Å². The minimum atomic E-state index is 0.168. The first-order valence-corrected chi connectivity index (χ1v) is 6.10. The van der Waals surface area contributed by atoms with Gasteiger partial charge in [-0.05, 0) is 48.4 Å². The van der Waals surface area contributed by atoms with E-state index in [0.29, 0.717) is 0 Å². The third kappa shape index (κ3) is 2.22. The number of hydrogen-bond acceptors (Lipinski definition) is 2. The molecule has 88 valence electrons. The van der Waals surface area contributed by atoms with Crippen LogP contribution >= 0.6 is 0 Å². The van der Waals surface area contributed by atoms with Gasteiger partial charge in [-0.2, -0.15) is 0 Å². The second-order valence-electron chi connectivity index (χ2n) is 5.20. The average molecular weight is 219 g/mol. The van der Waals surface area contributed by atoms with Gasteiger partial charge in [-0.15, -0.1) is 0 Å². The van der Waals surface area contributed by atoms with Crippen molar-refractivity contribution in [1.82, 2.24) is 0 Å². The van der Waals surface area contributed by atoms with Gasteiger partial charge < -0.3 is 10.5 Å². The van der Waals surface area contributed by atoms with E-state index < -0.39 is 0 Å². The fourth-order valence-electron chi connectivity index (χ4n) is 2.29. The van der Waals surface area contributed by atoms with E-state index in [1.165, 1.54) is 11.1 Å². The number of fused-ring (bicyclic) bond motifs is 1. The van der Waals surface area contributed by atoms with E-state index in [4.69, 9.17) is 10.5 Å². The van der Waals surface area contributed by atoms with E-state index in [2.05, 4.69) is 32.0 Å². The smallest absolute Gasteiger partial charge is 0.122 e. The van der Waals surface area contributed by atoms with Gasteiger partial charge in [-0.3, -0.25) is 0 Å². The van der Waals surface area contributed by atoms with Crippen molar-refractivity contribution in [2.75, 3.05) is 13.2 Å². The standard InChI is InChI=1S/C14H21NO/c1-14(2,7-8-15)12-5-6-13-11(10-12)4-3-9-16-13/h5-6,10H,3-4,7-9,15H2,1-2H3. The number of nitrogens with two attached hydrogens (primary N) is 1. The normalized spacial score (nSPS) is 15.4. The highest BCUT2D eigenvalue weighted by Crippen LogP contribution is 2.32. The molecule has 0 radical (unpaired) electrons. The van der Waals surface area contributed by atoms with E-state index in [9.17, 15) is 0 Å². The van der Waals surface area contributed by atoms with Gasteiger partial charge in [0.05, 0.1) is 6.61 Å². The molecule has 0 unspecified atom stereocenters. The first-order valence-electron chi connectivity index (χ1n) is 6.10. The minimum Gasteiger partial charge on any atom is -0.493 e. The molecule has 16 heavy (non-hydrogen) atoms. The number of aryl methyl sites for hydroxylation is 1. The average Bonchev–Trinajstić information content (AvgIpc) is 2.28. The molecule has 0 saturated heterocycles. The van der Waals surface area contributed by atoms with Crippen LogP contribution in [-0.2, 0) is 11.8 Å². The Morgan fingerprint density at radius 3 is 2.94 bits per heavy atom. The molecule has 0 spiro atoms. The summed E-state index contributed by atoms with van der Waals surface area (Å²) >= 11 is 0. The quantitative estimate of drug-likeness (QED) is 0.848. The van der Waals surface area contributed by atoms with Gasteiger partial charge in [0.25, 0.3) is 0 Å².